The summed E-state index contributed by atoms with van der Waals surface area (Å²) in [6, 6.07) is 21.0. The van der Waals surface area contributed by atoms with Gasteiger partial charge in [0.15, 0.2) is 5.82 Å². The molecule has 3 heterocycles. The van der Waals surface area contributed by atoms with Gasteiger partial charge in [0, 0.05) is 18.5 Å². The van der Waals surface area contributed by atoms with Crippen LogP contribution in [0.2, 0.25) is 0 Å². The lowest BCUT2D eigenvalue weighted by atomic mass is 9.78. The maximum Gasteiger partial charge on any atom is 0.416 e. The normalized spacial score (nSPS) is 23.7. The zero-order valence-corrected chi connectivity index (χ0v) is 25.8. The molecule has 2 saturated heterocycles. The van der Waals surface area contributed by atoms with Crippen molar-refractivity contribution >= 4 is 0 Å². The highest BCUT2D eigenvalue weighted by atomic mass is 19.4. The number of hydrogen-bond donors (Lipinski definition) is 1. The number of halogens is 6. The second kappa shape index (κ2) is 12.3. The van der Waals surface area contributed by atoms with Crippen molar-refractivity contribution in [2.45, 2.75) is 94.4 Å². The van der Waals surface area contributed by atoms with Crippen LogP contribution in [0.5, 0.6) is 0 Å². The van der Waals surface area contributed by atoms with Gasteiger partial charge in [0.2, 0.25) is 0 Å². The van der Waals surface area contributed by atoms with Crippen LogP contribution in [-0.2, 0) is 42.3 Å². The first-order chi connectivity index (χ1) is 22.1. The highest BCUT2D eigenvalue weighted by molar-refractivity contribution is 5.35. The minimum atomic E-state index is -4.96. The number of alkyl halides is 6. The fraction of sp³-hybridized carbons (Fsp3) is 0.441. The molecule has 0 radical (unpaired) electrons. The number of piperidine rings is 1. The third-order valence-corrected chi connectivity index (χ3v) is 9.06. The fourth-order valence-corrected chi connectivity index (χ4v) is 7.17. The van der Waals surface area contributed by atoms with Crippen molar-refractivity contribution in [1.82, 2.24) is 25.1 Å². The largest absolute Gasteiger partial charge is 0.416 e. The summed E-state index contributed by atoms with van der Waals surface area (Å²) in [4.78, 5) is 3.70. The van der Waals surface area contributed by atoms with Gasteiger partial charge in [-0.15, -0.1) is 10.2 Å². The zero-order valence-electron chi connectivity index (χ0n) is 25.8. The number of tetrazole rings is 1. The van der Waals surface area contributed by atoms with E-state index in [4.69, 9.17) is 4.74 Å². The Morgan fingerprint density at radius 3 is 2.06 bits per heavy atom. The van der Waals surface area contributed by atoms with Crippen molar-refractivity contribution in [1.29, 1.82) is 0 Å². The number of rotatable bonds is 9. The molecule has 4 atom stereocenters. The lowest BCUT2D eigenvalue weighted by Crippen LogP contribution is -2.56. The monoisotopic (exact) mass is 659 g/mol. The molecular formula is C34H35F6N5O2. The van der Waals surface area contributed by atoms with Crippen molar-refractivity contribution in [3.63, 3.8) is 0 Å². The summed E-state index contributed by atoms with van der Waals surface area (Å²) in [5, 5.41) is 23.5. The molecule has 1 aromatic heterocycles. The smallest absolute Gasteiger partial charge is 0.388 e. The van der Waals surface area contributed by atoms with Crippen LogP contribution >= 0.6 is 0 Å². The molecule has 2 fully saturated rings. The number of benzene rings is 3. The van der Waals surface area contributed by atoms with E-state index in [1.54, 1.807) is 13.8 Å². The highest BCUT2D eigenvalue weighted by Crippen LogP contribution is 2.57. The lowest BCUT2D eigenvalue weighted by Gasteiger charge is -2.50. The molecular weight excluding hydrogens is 624 g/mol. The van der Waals surface area contributed by atoms with Crippen LogP contribution < -0.4 is 0 Å². The average molecular weight is 660 g/mol. The third-order valence-electron chi connectivity index (χ3n) is 9.06. The Hall–Kier alpha value is -3.81. The number of hydrogen-bond acceptors (Lipinski definition) is 6. The molecule has 47 heavy (non-hydrogen) atoms. The van der Waals surface area contributed by atoms with Gasteiger partial charge in [0.25, 0.3) is 0 Å². The van der Waals surface area contributed by atoms with Crippen LogP contribution in [0.1, 0.15) is 72.7 Å². The minimum Gasteiger partial charge on any atom is -0.388 e. The summed E-state index contributed by atoms with van der Waals surface area (Å²) in [5.74, 6) is 0.289. The predicted molar refractivity (Wildman–Crippen MR) is 160 cm³/mol. The van der Waals surface area contributed by atoms with Gasteiger partial charge in [0.05, 0.1) is 41.5 Å². The summed E-state index contributed by atoms with van der Waals surface area (Å²) < 4.78 is 88.3. The topological polar surface area (TPSA) is 76.3 Å². The van der Waals surface area contributed by atoms with Gasteiger partial charge in [-0.05, 0) is 73.2 Å². The number of aromatic nitrogens is 4. The van der Waals surface area contributed by atoms with Crippen LogP contribution in [0.4, 0.5) is 26.3 Å². The molecule has 0 saturated carbocycles. The minimum absolute atomic E-state index is 0.0690. The molecule has 2 aliphatic rings. The van der Waals surface area contributed by atoms with Crippen molar-refractivity contribution < 1.29 is 36.2 Å². The highest BCUT2D eigenvalue weighted by Gasteiger charge is 2.61. The van der Waals surface area contributed by atoms with Crippen molar-refractivity contribution in [2.75, 3.05) is 0 Å². The maximum absolute atomic E-state index is 13.6. The zero-order chi connectivity index (χ0) is 33.6. The van der Waals surface area contributed by atoms with E-state index >= 15 is 0 Å². The Bertz CT molecular complexity index is 1640. The third kappa shape index (κ3) is 6.93. The van der Waals surface area contributed by atoms with E-state index < -0.39 is 47.3 Å². The summed E-state index contributed by atoms with van der Waals surface area (Å²) in [6.07, 6.45) is -8.91. The molecule has 250 valence electrons. The van der Waals surface area contributed by atoms with Gasteiger partial charge < -0.3 is 9.84 Å². The van der Waals surface area contributed by atoms with Gasteiger partial charge in [-0.3, -0.25) is 4.90 Å². The predicted octanol–water partition coefficient (Wildman–Crippen LogP) is 7.11. The quantitative estimate of drug-likeness (QED) is 0.193. The summed E-state index contributed by atoms with van der Waals surface area (Å²) in [7, 11) is 0. The van der Waals surface area contributed by atoms with Crippen LogP contribution in [0, 0.1) is 0 Å². The van der Waals surface area contributed by atoms with Crippen LogP contribution in [0.3, 0.4) is 0 Å². The first kappa shape index (κ1) is 33.1. The molecule has 0 spiro atoms. The van der Waals surface area contributed by atoms with Gasteiger partial charge in [-0.25, -0.2) is 0 Å². The van der Waals surface area contributed by atoms with Crippen molar-refractivity contribution in [2.24, 2.45) is 0 Å². The Morgan fingerprint density at radius 2 is 1.47 bits per heavy atom. The maximum atomic E-state index is 13.6. The molecule has 13 heteroatoms. The standard InChI is InChI=1S/C34H35F6N5O2/c1-31(2,46)21-45-42-30(41-43-45)27-18-32(24-11-7-4-8-12-24)29(14-13-28(27)44(32)19-22-9-5-3-6-10-22)47-20-23-15-25(33(35,36)37)17-26(16-23)34(38,39)40/h3-12,15-17,27-29,46H,13-14,18-21H2,1-2H3. The molecule has 0 amide bonds. The Labute approximate surface area is 268 Å². The van der Waals surface area contributed by atoms with Crippen LogP contribution in [0.25, 0.3) is 0 Å². The molecule has 4 aromatic rings. The number of nitrogens with zero attached hydrogens (tertiary/aromatic N) is 5. The van der Waals surface area contributed by atoms with E-state index in [1.807, 2.05) is 60.7 Å². The van der Waals surface area contributed by atoms with Gasteiger partial charge in [0.1, 0.15) is 0 Å². The Morgan fingerprint density at radius 1 is 0.851 bits per heavy atom. The number of fused-ring (bicyclic) bond motifs is 2. The molecule has 6 rings (SSSR count). The second-order valence-electron chi connectivity index (χ2n) is 13.1. The molecule has 3 aromatic carbocycles. The van der Waals surface area contributed by atoms with Gasteiger partial charge in [-0.1, -0.05) is 60.7 Å². The Balaban J connectivity index is 1.40. The van der Waals surface area contributed by atoms with E-state index in [0.29, 0.717) is 31.6 Å². The first-order valence-corrected chi connectivity index (χ1v) is 15.4. The lowest BCUT2D eigenvalue weighted by molar-refractivity contribution is -0.143. The summed E-state index contributed by atoms with van der Waals surface area (Å²) in [5.41, 5.74) is -2.90. The van der Waals surface area contributed by atoms with Gasteiger partial charge in [-0.2, -0.15) is 31.1 Å². The Kier molecular flexibility index (Phi) is 8.69. The van der Waals surface area contributed by atoms with E-state index in [0.717, 1.165) is 23.3 Å². The summed E-state index contributed by atoms with van der Waals surface area (Å²) >= 11 is 0. The van der Waals surface area contributed by atoms with E-state index in [-0.39, 0.29) is 30.1 Å². The SMILES string of the molecule is CC(C)(O)Cn1nnc(C2CC3(c4ccccc4)C(OCc4cc(C(F)(F)F)cc(C(F)(F)F)c4)CCC2N3Cc2ccccc2)n1. The summed E-state index contributed by atoms with van der Waals surface area (Å²) in [6.45, 7) is 3.50. The van der Waals surface area contributed by atoms with Gasteiger partial charge >= 0.3 is 12.4 Å². The number of aliphatic hydroxyl groups is 1. The second-order valence-corrected chi connectivity index (χ2v) is 13.1. The van der Waals surface area contributed by atoms with Crippen LogP contribution in [0.15, 0.2) is 78.9 Å². The van der Waals surface area contributed by atoms with Crippen molar-refractivity contribution in [3.05, 3.63) is 113 Å². The molecule has 2 bridgehead atoms. The fourth-order valence-electron chi connectivity index (χ4n) is 7.17. The van der Waals surface area contributed by atoms with E-state index in [9.17, 15) is 31.4 Å². The molecule has 4 unspecified atom stereocenters. The first-order valence-electron chi connectivity index (χ1n) is 15.4. The van der Waals surface area contributed by atoms with Crippen LogP contribution in [-0.4, -0.2) is 48.0 Å². The van der Waals surface area contributed by atoms with E-state index in [1.165, 1.54) is 4.80 Å². The molecule has 1 N–H and O–H groups in total. The average Bonchev–Trinajstić information content (AvgIpc) is 3.54. The molecule has 2 aliphatic heterocycles. The van der Waals surface area contributed by atoms with Crippen molar-refractivity contribution in [3.8, 4) is 0 Å². The molecule has 7 nitrogen and oxygen atoms in total. The molecule has 0 aliphatic carbocycles. The van der Waals surface area contributed by atoms with E-state index in [2.05, 4.69) is 20.3 Å². The number of ether oxygens (including phenoxy) is 1.